The normalized spacial score (nSPS) is 12.2. The summed E-state index contributed by atoms with van der Waals surface area (Å²) in [6.07, 6.45) is 0.376. The molecule has 2 nitrogen and oxygen atoms in total. The van der Waals surface area contributed by atoms with Gasteiger partial charge in [-0.05, 0) is 36.6 Å². The fourth-order valence-corrected chi connectivity index (χ4v) is 2.33. The molecule has 0 bridgehead atoms. The van der Waals surface area contributed by atoms with E-state index in [1.165, 1.54) is 0 Å². The van der Waals surface area contributed by atoms with Gasteiger partial charge in [-0.15, -0.1) is 0 Å². The van der Waals surface area contributed by atoms with E-state index in [0.717, 1.165) is 10.0 Å². The van der Waals surface area contributed by atoms with Gasteiger partial charge in [-0.1, -0.05) is 34.5 Å². The molecule has 1 aromatic carbocycles. The van der Waals surface area contributed by atoms with Crippen LogP contribution < -0.4 is 0 Å². The highest BCUT2D eigenvalue weighted by Gasteiger charge is 2.12. The second-order valence-electron chi connectivity index (χ2n) is 3.61. The zero-order chi connectivity index (χ0) is 12.1. The third-order valence-electron chi connectivity index (χ3n) is 2.23. The SMILES string of the molecule is CCOC(=O)CC(C)c1cc(Cl)cc(Br)c1. The van der Waals surface area contributed by atoms with Crippen LogP contribution in [-0.4, -0.2) is 12.6 Å². The van der Waals surface area contributed by atoms with Crippen molar-refractivity contribution in [1.29, 1.82) is 0 Å². The van der Waals surface area contributed by atoms with Crippen LogP contribution in [0.4, 0.5) is 0 Å². The van der Waals surface area contributed by atoms with Gasteiger partial charge in [0.25, 0.3) is 0 Å². The Morgan fingerprint density at radius 3 is 2.75 bits per heavy atom. The van der Waals surface area contributed by atoms with Crippen LogP contribution >= 0.6 is 27.5 Å². The number of hydrogen-bond acceptors (Lipinski definition) is 2. The maximum atomic E-state index is 11.3. The van der Waals surface area contributed by atoms with E-state index in [-0.39, 0.29) is 11.9 Å². The average Bonchev–Trinajstić information content (AvgIpc) is 2.16. The Morgan fingerprint density at radius 2 is 2.19 bits per heavy atom. The third-order valence-corrected chi connectivity index (χ3v) is 2.91. The fourth-order valence-electron chi connectivity index (χ4n) is 1.45. The highest BCUT2D eigenvalue weighted by Crippen LogP contribution is 2.26. The van der Waals surface area contributed by atoms with Crippen LogP contribution in [0.5, 0.6) is 0 Å². The standard InChI is InChI=1S/C12H14BrClO2/c1-3-16-12(15)4-8(2)9-5-10(13)7-11(14)6-9/h5-8H,3-4H2,1-2H3. The lowest BCUT2D eigenvalue weighted by atomic mass is 9.98. The molecule has 16 heavy (non-hydrogen) atoms. The largest absolute Gasteiger partial charge is 0.466 e. The molecule has 1 rings (SSSR count). The van der Waals surface area contributed by atoms with Gasteiger partial charge in [0, 0.05) is 9.50 Å². The number of ether oxygens (including phenoxy) is 1. The number of halogens is 2. The highest BCUT2D eigenvalue weighted by molar-refractivity contribution is 9.10. The lowest BCUT2D eigenvalue weighted by molar-refractivity contribution is -0.143. The minimum absolute atomic E-state index is 0.106. The molecule has 1 aromatic rings. The van der Waals surface area contributed by atoms with Crippen molar-refractivity contribution in [3.05, 3.63) is 33.3 Å². The highest BCUT2D eigenvalue weighted by atomic mass is 79.9. The predicted molar refractivity (Wildman–Crippen MR) is 68.8 cm³/mol. The van der Waals surface area contributed by atoms with E-state index in [1.54, 1.807) is 6.92 Å². The molecule has 1 unspecified atom stereocenters. The van der Waals surface area contributed by atoms with Crippen molar-refractivity contribution in [2.75, 3.05) is 6.61 Å². The van der Waals surface area contributed by atoms with E-state index < -0.39 is 0 Å². The molecule has 1 atom stereocenters. The summed E-state index contributed by atoms with van der Waals surface area (Å²) < 4.78 is 5.83. The van der Waals surface area contributed by atoms with E-state index in [4.69, 9.17) is 16.3 Å². The zero-order valence-electron chi connectivity index (χ0n) is 9.30. The molecule has 0 amide bonds. The van der Waals surface area contributed by atoms with Gasteiger partial charge >= 0.3 is 5.97 Å². The Hall–Kier alpha value is -0.540. The first kappa shape index (κ1) is 13.5. The van der Waals surface area contributed by atoms with E-state index in [2.05, 4.69) is 15.9 Å². The smallest absolute Gasteiger partial charge is 0.306 e. The monoisotopic (exact) mass is 304 g/mol. The first-order chi connectivity index (χ1) is 7.52. The topological polar surface area (TPSA) is 26.3 Å². The molecule has 0 spiro atoms. The molecule has 0 N–H and O–H groups in total. The number of carbonyl (C=O) groups excluding carboxylic acids is 1. The number of benzene rings is 1. The average molecular weight is 306 g/mol. The van der Waals surface area contributed by atoms with Crippen LogP contribution in [0, 0.1) is 0 Å². The predicted octanol–water partition coefficient (Wildman–Crippen LogP) is 4.16. The maximum Gasteiger partial charge on any atom is 0.306 e. The Bertz CT molecular complexity index is 359. The van der Waals surface area contributed by atoms with Crippen LogP contribution in [-0.2, 0) is 9.53 Å². The second kappa shape index (κ2) is 6.26. The first-order valence-electron chi connectivity index (χ1n) is 5.14. The van der Waals surface area contributed by atoms with E-state index in [0.29, 0.717) is 18.1 Å². The van der Waals surface area contributed by atoms with Crippen LogP contribution in [0.2, 0.25) is 5.02 Å². The number of esters is 1. The molecule has 0 saturated carbocycles. The van der Waals surface area contributed by atoms with Crippen molar-refractivity contribution in [2.24, 2.45) is 0 Å². The molecule has 0 aliphatic heterocycles. The van der Waals surface area contributed by atoms with Crippen molar-refractivity contribution in [3.63, 3.8) is 0 Å². The van der Waals surface area contributed by atoms with Crippen LogP contribution in [0.15, 0.2) is 22.7 Å². The van der Waals surface area contributed by atoms with Gasteiger partial charge in [0.15, 0.2) is 0 Å². The summed E-state index contributed by atoms with van der Waals surface area (Å²) in [5, 5.41) is 0.667. The van der Waals surface area contributed by atoms with E-state index in [1.807, 2.05) is 25.1 Å². The first-order valence-corrected chi connectivity index (χ1v) is 6.31. The molecule has 0 radical (unpaired) electrons. The Morgan fingerprint density at radius 1 is 1.50 bits per heavy atom. The number of hydrogen-bond donors (Lipinski definition) is 0. The molecule has 0 fully saturated rings. The summed E-state index contributed by atoms with van der Waals surface area (Å²) in [6.45, 7) is 4.21. The summed E-state index contributed by atoms with van der Waals surface area (Å²) >= 11 is 9.32. The van der Waals surface area contributed by atoms with Crippen LogP contribution in [0.1, 0.15) is 31.7 Å². The quantitative estimate of drug-likeness (QED) is 0.781. The summed E-state index contributed by atoms with van der Waals surface area (Å²) in [4.78, 5) is 11.3. The summed E-state index contributed by atoms with van der Waals surface area (Å²) in [6, 6.07) is 5.66. The molecule has 88 valence electrons. The van der Waals surface area contributed by atoms with Crippen molar-refractivity contribution in [3.8, 4) is 0 Å². The summed E-state index contributed by atoms with van der Waals surface area (Å²) in [5.74, 6) is -0.0693. The molecule has 0 aliphatic carbocycles. The minimum atomic E-state index is -0.175. The van der Waals surface area contributed by atoms with E-state index >= 15 is 0 Å². The van der Waals surface area contributed by atoms with Gasteiger partial charge in [-0.25, -0.2) is 0 Å². The molecular formula is C12H14BrClO2. The Balaban J connectivity index is 2.72. The molecular weight excluding hydrogens is 291 g/mol. The van der Waals surface area contributed by atoms with Crippen LogP contribution in [0.3, 0.4) is 0 Å². The lowest BCUT2D eigenvalue weighted by Gasteiger charge is -2.12. The van der Waals surface area contributed by atoms with Crippen molar-refractivity contribution >= 4 is 33.5 Å². The Labute approximate surface area is 109 Å². The van der Waals surface area contributed by atoms with Gasteiger partial charge in [-0.2, -0.15) is 0 Å². The molecule has 4 heteroatoms. The fraction of sp³-hybridized carbons (Fsp3) is 0.417. The number of rotatable bonds is 4. The molecule has 0 aromatic heterocycles. The molecule has 0 aliphatic rings. The van der Waals surface area contributed by atoms with Gasteiger partial charge < -0.3 is 4.74 Å². The van der Waals surface area contributed by atoms with Gasteiger partial charge in [0.1, 0.15) is 0 Å². The molecule has 0 saturated heterocycles. The van der Waals surface area contributed by atoms with Gasteiger partial charge in [0.05, 0.1) is 13.0 Å². The molecule has 0 heterocycles. The Kier molecular flexibility index (Phi) is 5.29. The van der Waals surface area contributed by atoms with E-state index in [9.17, 15) is 4.79 Å². The van der Waals surface area contributed by atoms with Crippen LogP contribution in [0.25, 0.3) is 0 Å². The van der Waals surface area contributed by atoms with Gasteiger partial charge in [-0.3, -0.25) is 4.79 Å². The lowest BCUT2D eigenvalue weighted by Crippen LogP contribution is -2.08. The summed E-state index contributed by atoms with van der Waals surface area (Å²) in [5.41, 5.74) is 1.03. The zero-order valence-corrected chi connectivity index (χ0v) is 11.6. The van der Waals surface area contributed by atoms with Gasteiger partial charge in [0.2, 0.25) is 0 Å². The van der Waals surface area contributed by atoms with Crippen molar-refractivity contribution < 1.29 is 9.53 Å². The maximum absolute atomic E-state index is 11.3. The minimum Gasteiger partial charge on any atom is -0.466 e. The van der Waals surface area contributed by atoms with Crippen molar-refractivity contribution in [2.45, 2.75) is 26.2 Å². The summed E-state index contributed by atoms with van der Waals surface area (Å²) in [7, 11) is 0. The van der Waals surface area contributed by atoms with Crippen molar-refractivity contribution in [1.82, 2.24) is 0 Å². The number of carbonyl (C=O) groups is 1. The third kappa shape index (κ3) is 4.14. The second-order valence-corrected chi connectivity index (χ2v) is 4.97.